The topological polar surface area (TPSA) is 29.1 Å². The number of benzene rings is 3. The molecule has 0 aliphatic heterocycles. The van der Waals surface area contributed by atoms with Crippen LogP contribution in [0.4, 0.5) is 0 Å². The molecule has 0 heterocycles. The summed E-state index contributed by atoms with van der Waals surface area (Å²) in [5.74, 6) is 6.58. The van der Waals surface area contributed by atoms with Gasteiger partial charge >= 0.3 is 0 Å². The summed E-state index contributed by atoms with van der Waals surface area (Å²) in [6.45, 7) is 6.35. The summed E-state index contributed by atoms with van der Waals surface area (Å²) >= 11 is 0. The Balaban J connectivity index is 2.05. The lowest BCUT2D eigenvalue weighted by molar-refractivity contribution is 0.354. The molecule has 0 saturated heterocycles. The Morgan fingerprint density at radius 2 is 1.18 bits per heavy atom. The summed E-state index contributed by atoms with van der Waals surface area (Å²) in [6, 6.07) is 28.9. The van der Waals surface area contributed by atoms with Gasteiger partial charge in [-0.05, 0) is 41.8 Å². The molecule has 3 aromatic carbocycles. The Labute approximate surface area is 168 Å². The maximum absolute atomic E-state index is 14.3. The van der Waals surface area contributed by atoms with Crippen molar-refractivity contribution in [2.24, 2.45) is 5.41 Å². The van der Waals surface area contributed by atoms with Gasteiger partial charge in [0.05, 0.1) is 6.04 Å². The van der Waals surface area contributed by atoms with Crippen molar-refractivity contribution in [3.05, 3.63) is 96.6 Å². The van der Waals surface area contributed by atoms with Crippen LogP contribution in [0.5, 0.6) is 0 Å². The molecule has 2 nitrogen and oxygen atoms in total. The van der Waals surface area contributed by atoms with Crippen LogP contribution >= 0.6 is 7.29 Å². The normalized spacial score (nSPS) is 12.7. The molecule has 0 bridgehead atoms. The Hall–Kier alpha value is -2.59. The zero-order chi connectivity index (χ0) is 20.0. The molecule has 142 valence electrons. The molecule has 3 heteroatoms. The van der Waals surface area contributed by atoms with E-state index in [0.717, 1.165) is 16.2 Å². The van der Waals surface area contributed by atoms with Gasteiger partial charge in [0, 0.05) is 16.2 Å². The first-order chi connectivity index (χ1) is 13.4. The average molecular weight is 387 g/mol. The van der Waals surface area contributed by atoms with Crippen molar-refractivity contribution in [3.63, 3.8) is 0 Å². The van der Waals surface area contributed by atoms with Crippen molar-refractivity contribution >= 4 is 17.9 Å². The van der Waals surface area contributed by atoms with Crippen molar-refractivity contribution in [3.8, 4) is 11.8 Å². The van der Waals surface area contributed by atoms with Crippen LogP contribution in [0.3, 0.4) is 0 Å². The highest BCUT2D eigenvalue weighted by molar-refractivity contribution is 7.77. The third kappa shape index (κ3) is 4.82. The second-order valence-corrected chi connectivity index (χ2v) is 10.4. The minimum Gasteiger partial charge on any atom is -0.296 e. The van der Waals surface area contributed by atoms with Crippen molar-refractivity contribution in [2.75, 3.05) is 0 Å². The van der Waals surface area contributed by atoms with Gasteiger partial charge < -0.3 is 0 Å². The molecule has 1 atom stereocenters. The van der Waals surface area contributed by atoms with Gasteiger partial charge in [-0.3, -0.25) is 4.57 Å². The third-order valence-electron chi connectivity index (χ3n) is 4.55. The second-order valence-electron chi connectivity index (χ2n) is 7.84. The quantitative estimate of drug-likeness (QED) is 0.506. The Kier molecular flexibility index (Phi) is 6.20. The predicted octanol–water partition coefficient (Wildman–Crippen LogP) is 4.97. The lowest BCUT2D eigenvalue weighted by Gasteiger charge is -2.32. The van der Waals surface area contributed by atoms with Crippen LogP contribution in [0.25, 0.3) is 0 Å². The lowest BCUT2D eigenvalue weighted by Crippen LogP contribution is -2.42. The van der Waals surface area contributed by atoms with Gasteiger partial charge in [0.2, 0.25) is 7.29 Å². The monoisotopic (exact) mass is 387 g/mol. The molecule has 28 heavy (non-hydrogen) atoms. The van der Waals surface area contributed by atoms with Crippen LogP contribution in [0.2, 0.25) is 0 Å². The zero-order valence-corrected chi connectivity index (χ0v) is 17.5. The molecule has 0 saturated carbocycles. The highest BCUT2D eigenvalue weighted by Gasteiger charge is 2.34. The molecule has 0 radical (unpaired) electrons. The lowest BCUT2D eigenvalue weighted by atomic mass is 9.88. The summed E-state index contributed by atoms with van der Waals surface area (Å²) in [7, 11) is -3.05. The molecule has 1 N–H and O–H groups in total. The molecule has 3 aromatic rings. The molecule has 3 rings (SSSR count). The summed E-state index contributed by atoms with van der Waals surface area (Å²) in [5, 5.41) is 5.03. The maximum atomic E-state index is 14.3. The Morgan fingerprint density at radius 3 is 1.61 bits per heavy atom. The number of rotatable bonds is 4. The Bertz CT molecular complexity index is 953. The average Bonchev–Trinajstić information content (AvgIpc) is 2.72. The Morgan fingerprint density at radius 1 is 0.750 bits per heavy atom. The fourth-order valence-corrected chi connectivity index (χ4v) is 5.47. The van der Waals surface area contributed by atoms with Gasteiger partial charge in [0.25, 0.3) is 0 Å². The fraction of sp³-hybridized carbons (Fsp3) is 0.200. The minimum absolute atomic E-state index is 0.193. The van der Waals surface area contributed by atoms with Gasteiger partial charge in [0.15, 0.2) is 0 Å². The number of nitrogens with one attached hydrogen (secondary N) is 1. The van der Waals surface area contributed by atoms with Crippen LogP contribution in [0.15, 0.2) is 91.0 Å². The van der Waals surface area contributed by atoms with Crippen LogP contribution in [0, 0.1) is 17.3 Å². The molecule has 0 aromatic heterocycles. The largest absolute Gasteiger partial charge is 0.296 e. The van der Waals surface area contributed by atoms with Crippen molar-refractivity contribution in [1.29, 1.82) is 0 Å². The molecule has 0 amide bonds. The number of hydrogen-bond acceptors (Lipinski definition) is 1. The summed E-state index contributed by atoms with van der Waals surface area (Å²) in [5.41, 5.74) is 0.758. The summed E-state index contributed by atoms with van der Waals surface area (Å²) in [4.78, 5) is 0. The van der Waals surface area contributed by atoms with E-state index in [0.29, 0.717) is 0 Å². The van der Waals surface area contributed by atoms with Gasteiger partial charge in [0.1, 0.15) is 0 Å². The van der Waals surface area contributed by atoms with E-state index in [1.165, 1.54) is 0 Å². The van der Waals surface area contributed by atoms with E-state index < -0.39 is 7.29 Å². The third-order valence-corrected chi connectivity index (χ3v) is 7.22. The SMILES string of the molecule is CC(C)(C)C(C#Cc1ccccc1)NP(=O)(c1ccccc1)c1ccccc1. The highest BCUT2D eigenvalue weighted by Crippen LogP contribution is 2.41. The van der Waals surface area contributed by atoms with Gasteiger partial charge in [-0.2, -0.15) is 0 Å². The summed E-state index contributed by atoms with van der Waals surface area (Å²) in [6.07, 6.45) is 0. The molecule has 1 unspecified atom stereocenters. The van der Waals surface area contributed by atoms with Gasteiger partial charge in [-0.25, -0.2) is 5.09 Å². The molecule has 0 fully saturated rings. The van der Waals surface area contributed by atoms with Gasteiger partial charge in [-0.1, -0.05) is 87.2 Å². The molecule has 0 spiro atoms. The van der Waals surface area contributed by atoms with E-state index in [1.54, 1.807) is 0 Å². The van der Waals surface area contributed by atoms with Crippen LogP contribution in [0.1, 0.15) is 26.3 Å². The van der Waals surface area contributed by atoms with Crippen LogP contribution in [-0.4, -0.2) is 6.04 Å². The summed E-state index contributed by atoms with van der Waals surface area (Å²) < 4.78 is 14.3. The van der Waals surface area contributed by atoms with Crippen molar-refractivity contribution < 1.29 is 4.57 Å². The van der Waals surface area contributed by atoms with E-state index in [4.69, 9.17) is 0 Å². The predicted molar refractivity (Wildman–Crippen MR) is 119 cm³/mol. The van der Waals surface area contributed by atoms with Crippen LogP contribution < -0.4 is 15.7 Å². The van der Waals surface area contributed by atoms with E-state index in [1.807, 2.05) is 91.0 Å². The highest BCUT2D eigenvalue weighted by atomic mass is 31.2. The molecular formula is C25H26NOP. The molecule has 0 aliphatic rings. The van der Waals surface area contributed by atoms with E-state index in [9.17, 15) is 4.57 Å². The second kappa shape index (κ2) is 8.61. The van der Waals surface area contributed by atoms with Crippen molar-refractivity contribution in [1.82, 2.24) is 5.09 Å². The van der Waals surface area contributed by atoms with Gasteiger partial charge in [-0.15, -0.1) is 0 Å². The molecular weight excluding hydrogens is 361 g/mol. The first kappa shape index (κ1) is 20.2. The van der Waals surface area contributed by atoms with Crippen LogP contribution in [-0.2, 0) is 4.57 Å². The minimum atomic E-state index is -3.05. The van der Waals surface area contributed by atoms with Crippen molar-refractivity contribution in [2.45, 2.75) is 26.8 Å². The number of hydrogen-bond donors (Lipinski definition) is 1. The standard InChI is InChI=1S/C25H26NOP/c1-25(2,3)24(20-19-21-13-7-4-8-14-21)26-28(27,22-15-9-5-10-16-22)23-17-11-6-12-18-23/h4-18,24H,1-3H3,(H,26,27). The zero-order valence-electron chi connectivity index (χ0n) is 16.6. The first-order valence-corrected chi connectivity index (χ1v) is 11.2. The smallest absolute Gasteiger partial charge is 0.205 e. The molecule has 0 aliphatic carbocycles. The van der Waals surface area contributed by atoms with E-state index in [2.05, 4.69) is 37.7 Å². The fourth-order valence-electron chi connectivity index (χ4n) is 2.88. The van der Waals surface area contributed by atoms with E-state index in [-0.39, 0.29) is 11.5 Å². The van der Waals surface area contributed by atoms with E-state index >= 15 is 0 Å². The first-order valence-electron chi connectivity index (χ1n) is 9.45. The maximum Gasteiger partial charge on any atom is 0.205 e.